The van der Waals surface area contributed by atoms with E-state index in [1.54, 1.807) is 18.7 Å². The molecule has 1 fully saturated rings. The Morgan fingerprint density at radius 2 is 2.07 bits per heavy atom. The highest BCUT2D eigenvalue weighted by Crippen LogP contribution is 2.25. The molecule has 0 aromatic carbocycles. The summed E-state index contributed by atoms with van der Waals surface area (Å²) < 4.78 is 0. The van der Waals surface area contributed by atoms with E-state index in [9.17, 15) is 0 Å². The first-order chi connectivity index (χ1) is 6.80. The zero-order chi connectivity index (χ0) is 10.2. The molecule has 2 rings (SSSR count). The third-order valence-electron chi connectivity index (χ3n) is 2.80. The SMILES string of the molecule is C[C@H](N)C1CCCCC1.c1c[nH]cn1. The lowest BCUT2D eigenvalue weighted by molar-refractivity contribution is 0.316. The standard InChI is InChI=1S/C8H17N.C3H4N2/c1-7(9)8-5-3-2-4-6-8;1-2-5-3-4-1/h7-8H,2-6,9H2,1H3;1-3H,(H,4,5)/t7-;/m0./s1. The van der Waals surface area contributed by atoms with E-state index in [1.165, 1.54) is 32.1 Å². The molecule has 1 aromatic rings. The van der Waals surface area contributed by atoms with Crippen molar-refractivity contribution < 1.29 is 0 Å². The molecular weight excluding hydrogens is 174 g/mol. The molecule has 3 heteroatoms. The van der Waals surface area contributed by atoms with Crippen LogP contribution in [-0.2, 0) is 0 Å². The average Bonchev–Trinajstić information content (AvgIpc) is 2.77. The van der Waals surface area contributed by atoms with Gasteiger partial charge in [0.25, 0.3) is 0 Å². The summed E-state index contributed by atoms with van der Waals surface area (Å²) in [6, 6.07) is 0.435. The second-order valence-corrected chi connectivity index (χ2v) is 4.02. The predicted octanol–water partition coefficient (Wildman–Crippen LogP) is 2.32. The van der Waals surface area contributed by atoms with Crippen molar-refractivity contribution in [2.45, 2.75) is 45.1 Å². The zero-order valence-corrected chi connectivity index (χ0v) is 8.95. The second kappa shape index (κ2) is 6.60. The first-order valence-corrected chi connectivity index (χ1v) is 5.49. The fourth-order valence-electron chi connectivity index (χ4n) is 1.88. The average molecular weight is 195 g/mol. The van der Waals surface area contributed by atoms with Crippen LogP contribution in [0.1, 0.15) is 39.0 Å². The Hall–Kier alpha value is -0.830. The van der Waals surface area contributed by atoms with E-state index < -0.39 is 0 Å². The molecule has 0 unspecified atom stereocenters. The van der Waals surface area contributed by atoms with Crippen LogP contribution in [0, 0.1) is 5.92 Å². The molecule has 0 aliphatic heterocycles. The zero-order valence-electron chi connectivity index (χ0n) is 8.95. The Kier molecular flexibility index (Phi) is 5.30. The Morgan fingerprint density at radius 3 is 2.36 bits per heavy atom. The highest BCUT2D eigenvalue weighted by Gasteiger charge is 2.16. The van der Waals surface area contributed by atoms with Crippen LogP contribution in [0.3, 0.4) is 0 Å². The Labute approximate surface area is 86.1 Å². The van der Waals surface area contributed by atoms with Crippen molar-refractivity contribution in [3.05, 3.63) is 18.7 Å². The van der Waals surface area contributed by atoms with E-state index in [0.29, 0.717) is 6.04 Å². The van der Waals surface area contributed by atoms with Crippen LogP contribution in [0.4, 0.5) is 0 Å². The largest absolute Gasteiger partial charge is 0.351 e. The monoisotopic (exact) mass is 195 g/mol. The van der Waals surface area contributed by atoms with Crippen molar-refractivity contribution in [2.75, 3.05) is 0 Å². The molecule has 1 aliphatic carbocycles. The molecule has 0 amide bonds. The van der Waals surface area contributed by atoms with Crippen molar-refractivity contribution in [1.82, 2.24) is 9.97 Å². The maximum absolute atomic E-state index is 5.77. The molecule has 0 radical (unpaired) electrons. The van der Waals surface area contributed by atoms with Crippen LogP contribution in [0.15, 0.2) is 18.7 Å². The smallest absolute Gasteiger partial charge is 0.0919 e. The van der Waals surface area contributed by atoms with Gasteiger partial charge in [-0.2, -0.15) is 0 Å². The molecule has 1 heterocycles. The minimum atomic E-state index is 0.435. The molecule has 3 nitrogen and oxygen atoms in total. The first-order valence-electron chi connectivity index (χ1n) is 5.49. The van der Waals surface area contributed by atoms with Crippen molar-refractivity contribution in [3.8, 4) is 0 Å². The molecule has 0 saturated heterocycles. The van der Waals surface area contributed by atoms with Crippen molar-refractivity contribution in [1.29, 1.82) is 0 Å². The summed E-state index contributed by atoms with van der Waals surface area (Å²) in [5.74, 6) is 0.832. The number of nitrogens with zero attached hydrogens (tertiary/aromatic N) is 1. The lowest BCUT2D eigenvalue weighted by Gasteiger charge is -2.24. The van der Waals surface area contributed by atoms with E-state index in [1.807, 2.05) is 0 Å². The van der Waals surface area contributed by atoms with E-state index in [2.05, 4.69) is 16.9 Å². The van der Waals surface area contributed by atoms with Crippen LogP contribution in [0.2, 0.25) is 0 Å². The molecule has 0 bridgehead atoms. The number of rotatable bonds is 1. The van der Waals surface area contributed by atoms with Gasteiger partial charge in [0.1, 0.15) is 0 Å². The molecule has 1 saturated carbocycles. The molecule has 80 valence electrons. The number of aromatic amines is 1. The van der Waals surface area contributed by atoms with Gasteiger partial charge >= 0.3 is 0 Å². The minimum absolute atomic E-state index is 0.435. The van der Waals surface area contributed by atoms with Gasteiger partial charge in [0.2, 0.25) is 0 Å². The Balaban J connectivity index is 0.000000165. The van der Waals surface area contributed by atoms with Gasteiger partial charge in [-0.05, 0) is 25.7 Å². The number of hydrogen-bond acceptors (Lipinski definition) is 2. The van der Waals surface area contributed by atoms with E-state index in [-0.39, 0.29) is 0 Å². The number of hydrogen-bond donors (Lipinski definition) is 2. The molecular formula is C11H21N3. The summed E-state index contributed by atoms with van der Waals surface area (Å²) in [6.45, 7) is 2.13. The lowest BCUT2D eigenvalue weighted by Crippen LogP contribution is -2.27. The van der Waals surface area contributed by atoms with Crippen molar-refractivity contribution in [2.24, 2.45) is 11.7 Å². The second-order valence-electron chi connectivity index (χ2n) is 4.02. The summed E-state index contributed by atoms with van der Waals surface area (Å²) in [7, 11) is 0. The van der Waals surface area contributed by atoms with Gasteiger partial charge in [0, 0.05) is 18.4 Å². The first kappa shape index (κ1) is 11.2. The van der Waals surface area contributed by atoms with Gasteiger partial charge in [-0.25, -0.2) is 4.98 Å². The van der Waals surface area contributed by atoms with Gasteiger partial charge in [-0.15, -0.1) is 0 Å². The summed E-state index contributed by atoms with van der Waals surface area (Å²) in [5, 5.41) is 0. The predicted molar refractivity (Wildman–Crippen MR) is 58.8 cm³/mol. The number of imidazole rings is 1. The molecule has 0 spiro atoms. The maximum atomic E-state index is 5.77. The molecule has 1 aliphatic rings. The van der Waals surface area contributed by atoms with E-state index in [4.69, 9.17) is 5.73 Å². The molecule has 3 N–H and O–H groups in total. The van der Waals surface area contributed by atoms with Gasteiger partial charge in [-0.1, -0.05) is 19.3 Å². The summed E-state index contributed by atoms with van der Waals surface area (Å²) in [4.78, 5) is 6.42. The van der Waals surface area contributed by atoms with Gasteiger partial charge in [-0.3, -0.25) is 0 Å². The third kappa shape index (κ3) is 4.42. The number of aromatic nitrogens is 2. The maximum Gasteiger partial charge on any atom is 0.0919 e. The quantitative estimate of drug-likeness (QED) is 0.722. The minimum Gasteiger partial charge on any atom is -0.351 e. The van der Waals surface area contributed by atoms with Crippen molar-refractivity contribution in [3.63, 3.8) is 0 Å². The van der Waals surface area contributed by atoms with Gasteiger partial charge < -0.3 is 10.7 Å². The Bertz CT molecular complexity index is 183. The van der Waals surface area contributed by atoms with E-state index in [0.717, 1.165) is 5.92 Å². The van der Waals surface area contributed by atoms with Crippen LogP contribution in [0.5, 0.6) is 0 Å². The molecule has 1 aromatic heterocycles. The highest BCUT2D eigenvalue weighted by atomic mass is 14.8. The fraction of sp³-hybridized carbons (Fsp3) is 0.727. The van der Waals surface area contributed by atoms with Gasteiger partial charge in [0.15, 0.2) is 0 Å². The normalized spacial score (nSPS) is 19.6. The van der Waals surface area contributed by atoms with Gasteiger partial charge in [0.05, 0.1) is 6.33 Å². The molecule has 1 atom stereocenters. The van der Waals surface area contributed by atoms with Crippen LogP contribution in [-0.4, -0.2) is 16.0 Å². The lowest BCUT2D eigenvalue weighted by atomic mass is 9.85. The topological polar surface area (TPSA) is 54.7 Å². The van der Waals surface area contributed by atoms with Crippen LogP contribution < -0.4 is 5.73 Å². The Morgan fingerprint density at radius 1 is 1.36 bits per heavy atom. The number of nitrogens with two attached hydrogens (primary N) is 1. The third-order valence-corrected chi connectivity index (χ3v) is 2.80. The highest BCUT2D eigenvalue weighted by molar-refractivity contribution is 4.72. The number of nitrogens with one attached hydrogen (secondary N) is 1. The number of H-pyrrole nitrogens is 1. The summed E-state index contributed by atoms with van der Waals surface area (Å²) in [6.07, 6.45) is 12.1. The summed E-state index contributed by atoms with van der Waals surface area (Å²) in [5.41, 5.74) is 5.77. The van der Waals surface area contributed by atoms with E-state index >= 15 is 0 Å². The fourth-order valence-corrected chi connectivity index (χ4v) is 1.88. The van der Waals surface area contributed by atoms with Crippen LogP contribution in [0.25, 0.3) is 0 Å². The van der Waals surface area contributed by atoms with Crippen molar-refractivity contribution >= 4 is 0 Å². The molecule has 14 heavy (non-hydrogen) atoms. The van der Waals surface area contributed by atoms with Crippen LogP contribution >= 0.6 is 0 Å². The summed E-state index contributed by atoms with van der Waals surface area (Å²) >= 11 is 0.